The average Bonchev–Trinajstić information content (AvgIpc) is 3.82. The average molecular weight is 834 g/mol. The molecule has 0 atom stereocenters. The summed E-state index contributed by atoms with van der Waals surface area (Å²) in [7, 11) is -2.15. The van der Waals surface area contributed by atoms with Crippen LogP contribution in [0.1, 0.15) is 0 Å². The highest BCUT2D eigenvalue weighted by Crippen LogP contribution is 2.42. The third-order valence-corrected chi connectivity index (χ3v) is 16.5. The summed E-state index contributed by atoms with van der Waals surface area (Å²) in [5.74, 6) is 0.769. The van der Waals surface area contributed by atoms with E-state index in [1.807, 2.05) is 0 Å². The van der Waals surface area contributed by atoms with E-state index in [0.29, 0.717) is 0 Å². The van der Waals surface area contributed by atoms with Crippen LogP contribution in [0.5, 0.6) is 0 Å². The van der Waals surface area contributed by atoms with Crippen molar-refractivity contribution in [2.45, 2.75) is 13.1 Å². The monoisotopic (exact) mass is 833 g/mol. The fourth-order valence-electron chi connectivity index (χ4n) is 10.0. The summed E-state index contributed by atoms with van der Waals surface area (Å²) in [4.78, 5) is 11.0. The van der Waals surface area contributed by atoms with Crippen molar-refractivity contribution >= 4 is 40.4 Å². The zero-order chi connectivity index (χ0) is 42.8. The maximum Gasteiger partial charge on any atom is 0.159 e. The van der Waals surface area contributed by atoms with E-state index in [1.165, 1.54) is 71.3 Å². The molecule has 0 N–H and O–H groups in total. The van der Waals surface area contributed by atoms with E-state index in [2.05, 4.69) is 242 Å². The molecular weight excluding hydrogens is 791 g/mol. The molecule has 1 aliphatic heterocycles. The predicted molar refractivity (Wildman–Crippen MR) is 271 cm³/mol. The molecule has 0 radical (unpaired) electrons. The van der Waals surface area contributed by atoms with Crippen LogP contribution in [0.3, 0.4) is 0 Å². The lowest BCUT2D eigenvalue weighted by Gasteiger charge is -2.19. The van der Waals surface area contributed by atoms with Crippen molar-refractivity contribution in [1.82, 2.24) is 14.5 Å². The van der Waals surface area contributed by atoms with Crippen molar-refractivity contribution in [1.29, 1.82) is 0 Å². The van der Waals surface area contributed by atoms with Gasteiger partial charge in [0.2, 0.25) is 0 Å². The zero-order valence-electron chi connectivity index (χ0n) is 35.7. The van der Waals surface area contributed by atoms with Gasteiger partial charge >= 0.3 is 0 Å². The molecular formula is C60H43N3Si. The van der Waals surface area contributed by atoms with Crippen LogP contribution in [0.25, 0.3) is 106 Å². The van der Waals surface area contributed by atoms with Gasteiger partial charge in [-0.25, -0.2) is 9.97 Å². The molecule has 11 aromatic rings. The van der Waals surface area contributed by atoms with E-state index in [0.717, 1.165) is 45.0 Å². The molecule has 2 aromatic heterocycles. The van der Waals surface area contributed by atoms with E-state index in [4.69, 9.17) is 9.97 Å². The van der Waals surface area contributed by atoms with Crippen molar-refractivity contribution in [3.63, 3.8) is 0 Å². The Labute approximate surface area is 374 Å². The zero-order valence-corrected chi connectivity index (χ0v) is 36.7. The lowest BCUT2D eigenvalue weighted by atomic mass is 9.93. The highest BCUT2D eigenvalue weighted by atomic mass is 28.3. The molecule has 302 valence electrons. The molecule has 0 unspecified atom stereocenters. The second kappa shape index (κ2) is 15.2. The van der Waals surface area contributed by atoms with Crippen LogP contribution in [-0.4, -0.2) is 22.6 Å². The Kier molecular flexibility index (Phi) is 8.96. The molecule has 64 heavy (non-hydrogen) atoms. The first-order chi connectivity index (χ1) is 31.5. The fraction of sp³-hybridized carbons (Fsp3) is 0.0333. The number of hydrogen-bond donors (Lipinski definition) is 0. The van der Waals surface area contributed by atoms with Gasteiger partial charge in [0.25, 0.3) is 0 Å². The summed E-state index contributed by atoms with van der Waals surface area (Å²) in [6.07, 6.45) is 0. The Hall–Kier alpha value is -7.92. The second-order valence-corrected chi connectivity index (χ2v) is 21.6. The maximum atomic E-state index is 5.51. The van der Waals surface area contributed by atoms with Crippen molar-refractivity contribution in [3.8, 4) is 84.0 Å². The van der Waals surface area contributed by atoms with Gasteiger partial charge in [0.05, 0.1) is 16.7 Å². The highest BCUT2D eigenvalue weighted by molar-refractivity contribution is 7.03. The number of para-hydroxylation sites is 1. The van der Waals surface area contributed by atoms with Gasteiger partial charge in [0.1, 0.15) is 8.07 Å². The molecule has 12 rings (SSSR count). The van der Waals surface area contributed by atoms with Crippen LogP contribution in [0.2, 0.25) is 13.1 Å². The first-order valence-corrected chi connectivity index (χ1v) is 25.1. The van der Waals surface area contributed by atoms with Crippen molar-refractivity contribution in [3.05, 3.63) is 224 Å². The molecule has 0 saturated heterocycles. The Morgan fingerprint density at radius 3 is 1.61 bits per heavy atom. The van der Waals surface area contributed by atoms with Gasteiger partial charge in [-0.2, -0.15) is 0 Å². The number of rotatable bonds is 7. The predicted octanol–water partition coefficient (Wildman–Crippen LogP) is 14.4. The number of nitrogens with zero attached hydrogens (tertiary/aromatic N) is 3. The molecule has 0 bridgehead atoms. The first kappa shape index (κ1) is 37.8. The Morgan fingerprint density at radius 2 is 0.891 bits per heavy atom. The first-order valence-electron chi connectivity index (χ1n) is 22.1. The SMILES string of the molecule is C[Si]1(C)c2ccccc2-c2c(-c3cccc(-c4cccc(-c5cccc6c5c5cc(-c7ccccc7)ccc5n6-c5ccccc5)c4)c3)nc(-c3cccc(-c4ccccc4)c3)nc21. The van der Waals surface area contributed by atoms with Gasteiger partial charge in [-0.1, -0.05) is 189 Å². The van der Waals surface area contributed by atoms with Crippen LogP contribution in [0, 0.1) is 0 Å². The maximum absolute atomic E-state index is 5.51. The standard InChI is InChI=1S/C60H43N3Si/c1-64(2)55-33-13-12-30-51(55)57-58(61-59(62-60(57)64)48-27-16-22-42(38-48)40-18-6-3-7-19-40)47-26-15-24-44(37-47)43-23-14-25-46(36-43)50-31-17-32-54-56(50)52-39-45(41-20-8-4-9-21-41)34-35-53(52)63(54)49-28-10-5-11-29-49/h3-39H,1-2H3. The summed E-state index contributed by atoms with van der Waals surface area (Å²) in [5, 5.41) is 5.09. The lowest BCUT2D eigenvalue weighted by molar-refractivity contribution is 1.18. The summed E-state index contributed by atoms with van der Waals surface area (Å²) in [5.41, 5.74) is 18.5. The van der Waals surface area contributed by atoms with Crippen molar-refractivity contribution in [2.75, 3.05) is 0 Å². The highest BCUT2D eigenvalue weighted by Gasteiger charge is 2.41. The third-order valence-electron chi connectivity index (χ3n) is 13.2. The molecule has 4 heteroatoms. The van der Waals surface area contributed by atoms with E-state index >= 15 is 0 Å². The minimum atomic E-state index is -2.15. The molecule has 3 heterocycles. The minimum Gasteiger partial charge on any atom is -0.309 e. The Bertz CT molecular complexity index is 3570. The number of aromatic nitrogens is 3. The summed E-state index contributed by atoms with van der Waals surface area (Å²) < 4.78 is 2.41. The second-order valence-electron chi connectivity index (χ2n) is 17.4. The smallest absolute Gasteiger partial charge is 0.159 e. The molecule has 9 aromatic carbocycles. The van der Waals surface area contributed by atoms with E-state index in [9.17, 15) is 0 Å². The van der Waals surface area contributed by atoms with Gasteiger partial charge < -0.3 is 4.57 Å². The Balaban J connectivity index is 1.01. The molecule has 0 saturated carbocycles. The lowest BCUT2D eigenvalue weighted by Crippen LogP contribution is -2.50. The van der Waals surface area contributed by atoms with Crippen LogP contribution in [0.4, 0.5) is 0 Å². The summed E-state index contributed by atoms with van der Waals surface area (Å²) >= 11 is 0. The van der Waals surface area contributed by atoms with Gasteiger partial charge in [-0.05, 0) is 104 Å². The van der Waals surface area contributed by atoms with Gasteiger partial charge in [-0.3, -0.25) is 0 Å². The van der Waals surface area contributed by atoms with Crippen molar-refractivity contribution < 1.29 is 0 Å². The fourth-order valence-corrected chi connectivity index (χ4v) is 13.0. The summed E-state index contributed by atoms with van der Waals surface area (Å²) in [6, 6.07) is 81.2. The van der Waals surface area contributed by atoms with Gasteiger partial charge in [0, 0.05) is 38.5 Å². The van der Waals surface area contributed by atoms with Crippen LogP contribution >= 0.6 is 0 Å². The van der Waals surface area contributed by atoms with E-state index in [-0.39, 0.29) is 0 Å². The molecule has 0 fully saturated rings. The summed E-state index contributed by atoms with van der Waals surface area (Å²) in [6.45, 7) is 4.86. The molecule has 0 amide bonds. The molecule has 0 aliphatic carbocycles. The largest absolute Gasteiger partial charge is 0.309 e. The van der Waals surface area contributed by atoms with Crippen LogP contribution in [-0.2, 0) is 0 Å². The van der Waals surface area contributed by atoms with Gasteiger partial charge in [0.15, 0.2) is 5.82 Å². The number of fused-ring (bicyclic) bond motifs is 6. The third kappa shape index (κ3) is 6.25. The molecule has 0 spiro atoms. The quantitative estimate of drug-likeness (QED) is 0.150. The topological polar surface area (TPSA) is 30.7 Å². The molecule has 3 nitrogen and oxygen atoms in total. The minimum absolute atomic E-state index is 0.769. The number of hydrogen-bond acceptors (Lipinski definition) is 2. The number of benzene rings is 9. The van der Waals surface area contributed by atoms with E-state index in [1.54, 1.807) is 0 Å². The van der Waals surface area contributed by atoms with Gasteiger partial charge in [-0.15, -0.1) is 0 Å². The van der Waals surface area contributed by atoms with Crippen LogP contribution < -0.4 is 10.5 Å². The van der Waals surface area contributed by atoms with Crippen LogP contribution in [0.15, 0.2) is 224 Å². The van der Waals surface area contributed by atoms with Crippen molar-refractivity contribution in [2.24, 2.45) is 0 Å². The van der Waals surface area contributed by atoms with E-state index < -0.39 is 8.07 Å². The normalized spacial score (nSPS) is 12.7. The Morgan fingerprint density at radius 1 is 0.375 bits per heavy atom. The molecule has 1 aliphatic rings.